The summed E-state index contributed by atoms with van der Waals surface area (Å²) in [6.45, 7) is 16.6. The molecule has 0 aromatic rings. The van der Waals surface area contributed by atoms with Crippen LogP contribution in [0, 0.1) is 16.7 Å². The van der Waals surface area contributed by atoms with E-state index in [2.05, 4.69) is 64.9 Å². The van der Waals surface area contributed by atoms with Crippen molar-refractivity contribution >= 4 is 23.5 Å². The molecule has 25 heavy (non-hydrogen) atoms. The van der Waals surface area contributed by atoms with Gasteiger partial charge < -0.3 is 10.2 Å². The molecule has 0 aromatic heterocycles. The minimum atomic E-state index is -0.0627. The van der Waals surface area contributed by atoms with E-state index in [0.29, 0.717) is 5.25 Å². The highest BCUT2D eigenvalue weighted by Crippen LogP contribution is 2.46. The van der Waals surface area contributed by atoms with Crippen LogP contribution in [0.15, 0.2) is 16.3 Å². The quantitative estimate of drug-likeness (QED) is 0.824. The van der Waals surface area contributed by atoms with Gasteiger partial charge in [0.25, 0.3) is 0 Å². The van der Waals surface area contributed by atoms with Gasteiger partial charge in [-0.05, 0) is 30.6 Å². The van der Waals surface area contributed by atoms with Gasteiger partial charge in [0, 0.05) is 30.0 Å². The first-order chi connectivity index (χ1) is 11.4. The molecule has 2 aliphatic heterocycles. The van der Waals surface area contributed by atoms with Crippen LogP contribution in [0.4, 0.5) is 0 Å². The number of amides is 1. The second-order valence-corrected chi connectivity index (χ2v) is 10.5. The second-order valence-electron chi connectivity index (χ2n) is 9.30. The molecule has 3 unspecified atom stereocenters. The van der Waals surface area contributed by atoms with Gasteiger partial charge >= 0.3 is 0 Å². The van der Waals surface area contributed by atoms with Gasteiger partial charge in [-0.15, -0.1) is 0 Å². The predicted octanol–water partition coefficient (Wildman–Crippen LogP) is 3.93. The van der Waals surface area contributed by atoms with Gasteiger partial charge in [-0.1, -0.05) is 41.5 Å². The maximum atomic E-state index is 12.6. The van der Waals surface area contributed by atoms with Crippen molar-refractivity contribution in [2.45, 2.75) is 66.2 Å². The van der Waals surface area contributed by atoms with Crippen LogP contribution >= 0.6 is 11.8 Å². The van der Waals surface area contributed by atoms with E-state index in [1.165, 1.54) is 11.3 Å². The maximum absolute atomic E-state index is 12.6. The van der Waals surface area contributed by atoms with E-state index >= 15 is 0 Å². The average Bonchev–Trinajstić information content (AvgIpc) is 2.94. The van der Waals surface area contributed by atoms with E-state index in [1.54, 1.807) is 7.05 Å². The van der Waals surface area contributed by atoms with Gasteiger partial charge in [-0.2, -0.15) is 11.8 Å². The Labute approximate surface area is 157 Å². The third kappa shape index (κ3) is 3.76. The number of carbonyl (C=O) groups excluding carboxylic acids is 1. The van der Waals surface area contributed by atoms with Crippen molar-refractivity contribution in [1.29, 1.82) is 0 Å². The zero-order valence-corrected chi connectivity index (χ0v) is 18.2. The highest BCUT2D eigenvalue weighted by atomic mass is 32.2. The Kier molecular flexibility index (Phi) is 5.68. The molecule has 1 N–H and O–H groups in total. The number of carbonyl (C=O) groups is 1. The van der Waals surface area contributed by atoms with Gasteiger partial charge in [0.05, 0.1) is 12.0 Å². The Morgan fingerprint density at radius 2 is 1.88 bits per heavy atom. The van der Waals surface area contributed by atoms with Gasteiger partial charge in [0.1, 0.15) is 5.84 Å². The monoisotopic (exact) mass is 365 g/mol. The summed E-state index contributed by atoms with van der Waals surface area (Å²) in [6.07, 6.45) is 3.01. The highest BCUT2D eigenvalue weighted by Gasteiger charge is 2.47. The molecule has 0 bridgehead atoms. The number of fused-ring (bicyclic) bond motifs is 1. The van der Waals surface area contributed by atoms with Crippen LogP contribution in [-0.4, -0.2) is 47.8 Å². The molecule has 0 aliphatic carbocycles. The molecule has 0 aromatic carbocycles. The van der Waals surface area contributed by atoms with Gasteiger partial charge in [0.15, 0.2) is 0 Å². The number of nitrogens with zero attached hydrogens (tertiary/aromatic N) is 2. The number of thioether (sulfide) groups is 1. The number of rotatable bonds is 3. The Hall–Kier alpha value is -0.970. The first-order valence-corrected chi connectivity index (χ1v) is 10.6. The van der Waals surface area contributed by atoms with Crippen molar-refractivity contribution in [1.82, 2.24) is 10.2 Å². The first kappa shape index (κ1) is 20.3. The lowest BCUT2D eigenvalue weighted by Crippen LogP contribution is -2.47. The molecule has 0 saturated carbocycles. The minimum absolute atomic E-state index is 0.0186. The summed E-state index contributed by atoms with van der Waals surface area (Å²) in [6, 6.07) is 0.112. The molecule has 2 aliphatic rings. The molecular formula is C20H35N3OS. The number of amidine groups is 1. The topological polar surface area (TPSA) is 44.7 Å². The van der Waals surface area contributed by atoms with Crippen LogP contribution in [-0.2, 0) is 4.79 Å². The van der Waals surface area contributed by atoms with Crippen molar-refractivity contribution in [3.8, 4) is 0 Å². The third-order valence-electron chi connectivity index (χ3n) is 5.21. The molecule has 1 saturated heterocycles. The Morgan fingerprint density at radius 1 is 1.28 bits per heavy atom. The summed E-state index contributed by atoms with van der Waals surface area (Å²) in [7, 11) is 1.74. The SMILES string of the molecule is CNC(=O)C1CCN2C(C(C)(C)C)=NC(C(C)(C)C)C(C(C)SC)=C12. The van der Waals surface area contributed by atoms with Crippen LogP contribution in [0.2, 0.25) is 0 Å². The predicted molar refractivity (Wildman–Crippen MR) is 109 cm³/mol. The smallest absolute Gasteiger partial charge is 0.228 e. The molecule has 1 fully saturated rings. The lowest BCUT2D eigenvalue weighted by molar-refractivity contribution is -0.123. The largest absolute Gasteiger partial charge is 0.359 e. The second kappa shape index (κ2) is 6.98. The van der Waals surface area contributed by atoms with Crippen LogP contribution in [0.1, 0.15) is 54.9 Å². The average molecular weight is 366 g/mol. The minimum Gasteiger partial charge on any atom is -0.359 e. The normalized spacial score (nSPS) is 25.6. The van der Waals surface area contributed by atoms with E-state index in [4.69, 9.17) is 4.99 Å². The summed E-state index contributed by atoms with van der Waals surface area (Å²) >= 11 is 1.84. The molecule has 3 atom stereocenters. The highest BCUT2D eigenvalue weighted by molar-refractivity contribution is 7.99. The van der Waals surface area contributed by atoms with Crippen molar-refractivity contribution < 1.29 is 4.79 Å². The Balaban J connectivity index is 2.71. The Morgan fingerprint density at radius 3 is 2.32 bits per heavy atom. The van der Waals surface area contributed by atoms with E-state index in [-0.39, 0.29) is 28.7 Å². The molecule has 142 valence electrons. The molecule has 2 rings (SSSR count). The molecule has 2 heterocycles. The Bertz CT molecular complexity index is 595. The third-order valence-corrected chi connectivity index (χ3v) is 6.17. The fourth-order valence-corrected chi connectivity index (χ4v) is 4.43. The van der Waals surface area contributed by atoms with Crippen LogP contribution in [0.3, 0.4) is 0 Å². The lowest BCUT2D eigenvalue weighted by atomic mass is 9.77. The molecule has 4 nitrogen and oxygen atoms in total. The fraction of sp³-hybridized carbons (Fsp3) is 0.800. The molecular weight excluding hydrogens is 330 g/mol. The fourth-order valence-electron chi connectivity index (χ4n) is 3.93. The zero-order chi connectivity index (χ0) is 19.2. The summed E-state index contributed by atoms with van der Waals surface area (Å²) in [5.74, 6) is 1.20. The van der Waals surface area contributed by atoms with E-state index < -0.39 is 0 Å². The summed E-state index contributed by atoms with van der Waals surface area (Å²) in [4.78, 5) is 20.2. The van der Waals surface area contributed by atoms with E-state index in [9.17, 15) is 4.79 Å². The molecule has 0 spiro atoms. The molecule has 0 radical (unpaired) electrons. The van der Waals surface area contributed by atoms with Crippen molar-refractivity contribution in [3.05, 3.63) is 11.3 Å². The lowest BCUT2D eigenvalue weighted by Gasteiger charge is -2.44. The van der Waals surface area contributed by atoms with E-state index in [0.717, 1.165) is 18.8 Å². The molecule has 1 amide bonds. The van der Waals surface area contributed by atoms with E-state index in [1.807, 2.05) is 11.8 Å². The van der Waals surface area contributed by atoms with Crippen molar-refractivity contribution in [2.75, 3.05) is 19.8 Å². The van der Waals surface area contributed by atoms with Gasteiger partial charge in [-0.25, -0.2) is 0 Å². The summed E-state index contributed by atoms with van der Waals surface area (Å²) in [5.41, 5.74) is 2.55. The van der Waals surface area contributed by atoms with Crippen LogP contribution < -0.4 is 5.32 Å². The number of aliphatic imine (C=N–C) groups is 1. The van der Waals surface area contributed by atoms with Crippen molar-refractivity contribution in [2.24, 2.45) is 21.7 Å². The van der Waals surface area contributed by atoms with Gasteiger partial charge in [0.2, 0.25) is 5.91 Å². The van der Waals surface area contributed by atoms with Crippen LogP contribution in [0.25, 0.3) is 0 Å². The number of hydrogen-bond acceptors (Lipinski definition) is 4. The van der Waals surface area contributed by atoms with Gasteiger partial charge in [-0.3, -0.25) is 9.79 Å². The first-order valence-electron chi connectivity index (χ1n) is 9.27. The van der Waals surface area contributed by atoms with Crippen LogP contribution in [0.5, 0.6) is 0 Å². The number of hydrogen-bond donors (Lipinski definition) is 1. The molecule has 5 heteroatoms. The standard InChI is InChI=1S/C20H35N3OS/c1-12(25-9)14-15-13(17(24)21-8)10-11-23(15)18(20(5,6)7)22-16(14)19(2,3)4/h12-13,16H,10-11H2,1-9H3,(H,21,24). The summed E-state index contributed by atoms with van der Waals surface area (Å²) < 4.78 is 0. The zero-order valence-electron chi connectivity index (χ0n) is 17.4. The van der Waals surface area contributed by atoms with Crippen molar-refractivity contribution in [3.63, 3.8) is 0 Å². The summed E-state index contributed by atoms with van der Waals surface area (Å²) in [5, 5.41) is 3.22. The maximum Gasteiger partial charge on any atom is 0.228 e. The number of nitrogens with one attached hydrogen (secondary N) is 1.